The quantitative estimate of drug-likeness (QED) is 0.371. The maximum Gasteiger partial charge on any atom is 0.407 e. The van der Waals surface area contributed by atoms with Gasteiger partial charge in [-0.15, -0.1) is 0 Å². The van der Waals surface area contributed by atoms with E-state index in [0.29, 0.717) is 19.6 Å². The largest absolute Gasteiger partial charge is 0.461 e. The van der Waals surface area contributed by atoms with Crippen molar-refractivity contribution in [1.29, 1.82) is 0 Å². The summed E-state index contributed by atoms with van der Waals surface area (Å²) in [5.41, 5.74) is 1.98. The maximum atomic E-state index is 11.7. The van der Waals surface area contributed by atoms with Gasteiger partial charge in [0.25, 0.3) is 0 Å². The van der Waals surface area contributed by atoms with Crippen LogP contribution in [0.3, 0.4) is 0 Å². The molecule has 0 bridgehead atoms. The van der Waals surface area contributed by atoms with E-state index in [1.807, 2.05) is 60.7 Å². The van der Waals surface area contributed by atoms with E-state index < -0.39 is 0 Å². The molecule has 2 aromatic carbocycles. The number of nitrogens with one attached hydrogen (secondary N) is 1. The first-order chi connectivity index (χ1) is 13.7. The van der Waals surface area contributed by atoms with Gasteiger partial charge in [0, 0.05) is 13.0 Å². The highest BCUT2D eigenvalue weighted by Gasteiger charge is 2.04. The Kier molecular flexibility index (Phi) is 12.6. The van der Waals surface area contributed by atoms with E-state index >= 15 is 0 Å². The van der Waals surface area contributed by atoms with E-state index in [0.717, 1.165) is 43.2 Å². The van der Waals surface area contributed by atoms with Crippen LogP contribution < -0.4 is 5.32 Å². The SMILES string of the molecule is C.O=C(CCCCCCCNC(=O)OCc1ccccc1)OCc1ccccc1. The molecule has 0 spiro atoms. The molecule has 0 atom stereocenters. The zero-order valence-electron chi connectivity index (χ0n) is 16.3. The first kappa shape index (κ1) is 24.2. The molecule has 2 aromatic rings. The Hall–Kier alpha value is -2.82. The number of esters is 1. The highest BCUT2D eigenvalue weighted by Crippen LogP contribution is 2.08. The summed E-state index contributed by atoms with van der Waals surface area (Å²) in [6, 6.07) is 19.3. The molecule has 29 heavy (non-hydrogen) atoms. The molecule has 5 heteroatoms. The van der Waals surface area contributed by atoms with Crippen LogP contribution in [0.5, 0.6) is 0 Å². The lowest BCUT2D eigenvalue weighted by Gasteiger charge is -2.07. The van der Waals surface area contributed by atoms with Gasteiger partial charge in [-0.1, -0.05) is 87.4 Å². The molecule has 0 radical (unpaired) electrons. The summed E-state index contributed by atoms with van der Waals surface area (Å²) in [7, 11) is 0. The van der Waals surface area contributed by atoms with Crippen LogP contribution in [0.25, 0.3) is 0 Å². The molecule has 0 unspecified atom stereocenters. The van der Waals surface area contributed by atoms with Crippen LogP contribution in [0, 0.1) is 0 Å². The third-order valence-electron chi connectivity index (χ3n) is 4.28. The van der Waals surface area contributed by atoms with Gasteiger partial charge in [-0.3, -0.25) is 4.79 Å². The van der Waals surface area contributed by atoms with Crippen LogP contribution in [0.4, 0.5) is 4.79 Å². The second-order valence-electron chi connectivity index (χ2n) is 6.65. The average Bonchev–Trinajstić information content (AvgIpc) is 2.74. The third-order valence-corrected chi connectivity index (χ3v) is 4.28. The highest BCUT2D eigenvalue weighted by molar-refractivity contribution is 5.69. The molecule has 1 N–H and O–H groups in total. The summed E-state index contributed by atoms with van der Waals surface area (Å²) in [6.45, 7) is 1.23. The lowest BCUT2D eigenvalue weighted by atomic mass is 10.1. The smallest absolute Gasteiger partial charge is 0.407 e. The zero-order chi connectivity index (χ0) is 19.9. The van der Waals surface area contributed by atoms with Crippen LogP contribution in [0.2, 0.25) is 0 Å². The summed E-state index contributed by atoms with van der Waals surface area (Å²) in [5, 5.41) is 2.76. The van der Waals surface area contributed by atoms with Gasteiger partial charge in [0.1, 0.15) is 13.2 Å². The lowest BCUT2D eigenvalue weighted by Crippen LogP contribution is -2.25. The average molecular weight is 400 g/mol. The number of rotatable bonds is 12. The summed E-state index contributed by atoms with van der Waals surface area (Å²) in [6.07, 6.45) is 4.84. The van der Waals surface area contributed by atoms with Crippen LogP contribution >= 0.6 is 0 Å². The predicted octanol–water partition coefficient (Wildman–Crippen LogP) is 5.63. The summed E-state index contributed by atoms with van der Waals surface area (Å²) in [5.74, 6) is -0.147. The zero-order valence-corrected chi connectivity index (χ0v) is 16.3. The van der Waals surface area contributed by atoms with Crippen molar-refractivity contribution in [1.82, 2.24) is 5.32 Å². The van der Waals surface area contributed by atoms with E-state index in [9.17, 15) is 9.59 Å². The van der Waals surface area contributed by atoms with Crippen LogP contribution in [0.15, 0.2) is 60.7 Å². The Balaban J connectivity index is 0.00000420. The van der Waals surface area contributed by atoms with Crippen molar-refractivity contribution >= 4 is 12.1 Å². The minimum atomic E-state index is -0.384. The number of amides is 1. The van der Waals surface area contributed by atoms with Crippen LogP contribution in [-0.2, 0) is 27.5 Å². The van der Waals surface area contributed by atoms with Gasteiger partial charge in [0.15, 0.2) is 0 Å². The van der Waals surface area contributed by atoms with E-state index in [2.05, 4.69) is 5.32 Å². The number of hydrogen-bond donors (Lipinski definition) is 1. The maximum absolute atomic E-state index is 11.7. The summed E-state index contributed by atoms with van der Waals surface area (Å²) in [4.78, 5) is 23.3. The molecule has 0 heterocycles. The number of unbranched alkanes of at least 4 members (excludes halogenated alkanes) is 4. The second kappa shape index (κ2) is 15.1. The molecule has 5 nitrogen and oxygen atoms in total. The standard InChI is InChI=1S/C23H29NO4.CH4/c25-22(27-18-20-12-6-4-7-13-20)16-10-2-1-3-11-17-24-23(26)28-19-21-14-8-5-9-15-21;/h4-9,12-15H,1-3,10-11,16-19H2,(H,24,26);1H4. The highest BCUT2D eigenvalue weighted by atomic mass is 16.5. The fraction of sp³-hybridized carbons (Fsp3) is 0.417. The van der Waals surface area contributed by atoms with Crippen LogP contribution in [0.1, 0.15) is 57.1 Å². The Labute approximate surface area is 174 Å². The molecular weight excluding hydrogens is 366 g/mol. The van der Waals surface area contributed by atoms with Crippen molar-refractivity contribution < 1.29 is 19.1 Å². The molecule has 0 aromatic heterocycles. The number of alkyl carbamates (subject to hydrolysis) is 1. The fourth-order valence-electron chi connectivity index (χ4n) is 2.70. The Morgan fingerprint density at radius 1 is 0.690 bits per heavy atom. The lowest BCUT2D eigenvalue weighted by molar-refractivity contribution is -0.145. The molecule has 2 rings (SSSR count). The minimum absolute atomic E-state index is 0. The van der Waals surface area contributed by atoms with Crippen molar-refractivity contribution in [2.45, 2.75) is 59.2 Å². The number of carbonyl (C=O) groups excluding carboxylic acids is 2. The van der Waals surface area contributed by atoms with Crippen molar-refractivity contribution in [3.8, 4) is 0 Å². The van der Waals surface area contributed by atoms with Gasteiger partial charge in [-0.25, -0.2) is 4.79 Å². The van der Waals surface area contributed by atoms with Gasteiger partial charge >= 0.3 is 12.1 Å². The molecular formula is C24H33NO4. The number of benzene rings is 2. The second-order valence-corrected chi connectivity index (χ2v) is 6.65. The topological polar surface area (TPSA) is 64.6 Å². The Bertz CT molecular complexity index is 627. The molecule has 0 aliphatic carbocycles. The molecule has 1 amide bonds. The minimum Gasteiger partial charge on any atom is -0.461 e. The van der Waals surface area contributed by atoms with Crippen molar-refractivity contribution in [2.75, 3.05) is 6.54 Å². The van der Waals surface area contributed by atoms with Crippen LogP contribution in [-0.4, -0.2) is 18.6 Å². The molecule has 0 aliphatic rings. The van der Waals surface area contributed by atoms with Gasteiger partial charge < -0.3 is 14.8 Å². The normalized spacial score (nSPS) is 9.93. The Morgan fingerprint density at radius 3 is 1.83 bits per heavy atom. The van der Waals surface area contributed by atoms with E-state index in [1.54, 1.807) is 0 Å². The fourth-order valence-corrected chi connectivity index (χ4v) is 2.70. The van der Waals surface area contributed by atoms with E-state index in [1.165, 1.54) is 0 Å². The Morgan fingerprint density at radius 2 is 1.21 bits per heavy atom. The molecule has 0 saturated carbocycles. The van der Waals surface area contributed by atoms with Crippen molar-refractivity contribution in [2.24, 2.45) is 0 Å². The molecule has 158 valence electrons. The van der Waals surface area contributed by atoms with Crippen molar-refractivity contribution in [3.63, 3.8) is 0 Å². The number of carbonyl (C=O) groups is 2. The van der Waals surface area contributed by atoms with E-state index in [4.69, 9.17) is 9.47 Å². The van der Waals surface area contributed by atoms with Gasteiger partial charge in [-0.2, -0.15) is 0 Å². The van der Waals surface area contributed by atoms with E-state index in [-0.39, 0.29) is 26.1 Å². The number of ether oxygens (including phenoxy) is 2. The molecule has 0 aliphatic heterocycles. The van der Waals surface area contributed by atoms with Gasteiger partial charge in [0.05, 0.1) is 0 Å². The molecule has 0 saturated heterocycles. The summed E-state index contributed by atoms with van der Waals surface area (Å²) < 4.78 is 10.4. The van der Waals surface area contributed by atoms with Crippen molar-refractivity contribution in [3.05, 3.63) is 71.8 Å². The third kappa shape index (κ3) is 11.6. The predicted molar refractivity (Wildman–Crippen MR) is 115 cm³/mol. The van der Waals surface area contributed by atoms with Gasteiger partial charge in [-0.05, 0) is 24.0 Å². The molecule has 0 fully saturated rings. The first-order valence-corrected chi connectivity index (χ1v) is 9.88. The first-order valence-electron chi connectivity index (χ1n) is 9.88. The monoisotopic (exact) mass is 399 g/mol. The number of hydrogen-bond acceptors (Lipinski definition) is 4. The van der Waals surface area contributed by atoms with Gasteiger partial charge in [0.2, 0.25) is 0 Å². The summed E-state index contributed by atoms with van der Waals surface area (Å²) >= 11 is 0.